The van der Waals surface area contributed by atoms with Gasteiger partial charge in [0.1, 0.15) is 0 Å². The van der Waals surface area contributed by atoms with Gasteiger partial charge in [0.05, 0.1) is 11.6 Å². The Morgan fingerprint density at radius 3 is 2.52 bits per heavy atom. The molecule has 23 heavy (non-hydrogen) atoms. The van der Waals surface area contributed by atoms with E-state index in [4.69, 9.17) is 0 Å². The van der Waals surface area contributed by atoms with Crippen LogP contribution in [0.3, 0.4) is 0 Å². The Morgan fingerprint density at radius 1 is 1.35 bits per heavy atom. The molecule has 2 rings (SSSR count). The van der Waals surface area contributed by atoms with Gasteiger partial charge in [-0.2, -0.15) is 13.2 Å². The van der Waals surface area contributed by atoms with Gasteiger partial charge in [0, 0.05) is 6.42 Å². The van der Waals surface area contributed by atoms with Gasteiger partial charge in [0.15, 0.2) is 0 Å². The monoisotopic (exact) mass is 350 g/mol. The van der Waals surface area contributed by atoms with Crippen molar-refractivity contribution in [1.82, 2.24) is 10.6 Å². The number of hydrogen-bond acceptors (Lipinski definition) is 2. The summed E-state index contributed by atoms with van der Waals surface area (Å²) >= 11 is 0. The number of carbonyl (C=O) groups excluding carboxylic acids is 1. The van der Waals surface area contributed by atoms with Crippen LogP contribution in [0.2, 0.25) is 0 Å². The molecule has 1 fully saturated rings. The van der Waals surface area contributed by atoms with Crippen LogP contribution in [0.1, 0.15) is 43.4 Å². The number of benzene rings is 1. The molecular formula is C16H22ClF3N2O. The Balaban J connectivity index is 0.00000264. The van der Waals surface area contributed by atoms with Crippen LogP contribution in [0.4, 0.5) is 13.2 Å². The molecule has 0 spiro atoms. The Morgan fingerprint density at radius 2 is 2.00 bits per heavy atom. The molecule has 1 aliphatic rings. The number of amides is 1. The average Bonchev–Trinajstić information content (AvgIpc) is 2.97. The second-order valence-corrected chi connectivity index (χ2v) is 5.81. The maximum Gasteiger partial charge on any atom is 0.416 e. The number of nitrogens with one attached hydrogen (secondary N) is 2. The van der Waals surface area contributed by atoms with E-state index in [-0.39, 0.29) is 24.4 Å². The first kappa shape index (κ1) is 19.8. The molecule has 7 heteroatoms. The third kappa shape index (κ3) is 6.03. The van der Waals surface area contributed by atoms with Crippen LogP contribution < -0.4 is 10.6 Å². The maximum atomic E-state index is 12.5. The van der Waals surface area contributed by atoms with Crippen molar-refractivity contribution < 1.29 is 18.0 Å². The van der Waals surface area contributed by atoms with Crippen molar-refractivity contribution in [3.8, 4) is 0 Å². The highest BCUT2D eigenvalue weighted by Gasteiger charge is 2.30. The second-order valence-electron chi connectivity index (χ2n) is 5.81. The van der Waals surface area contributed by atoms with Gasteiger partial charge >= 0.3 is 6.18 Å². The lowest BCUT2D eigenvalue weighted by Gasteiger charge is -2.16. The minimum absolute atomic E-state index is 0. The lowest BCUT2D eigenvalue weighted by atomic mass is 10.0. The Hall–Kier alpha value is -1.27. The van der Waals surface area contributed by atoms with Crippen LogP contribution in [0.5, 0.6) is 0 Å². The molecule has 1 amide bonds. The fourth-order valence-electron chi connectivity index (χ4n) is 2.65. The number of rotatable bonds is 5. The third-order valence-corrected chi connectivity index (χ3v) is 4.06. The van der Waals surface area contributed by atoms with Crippen molar-refractivity contribution in [3.63, 3.8) is 0 Å². The van der Waals surface area contributed by atoms with E-state index in [0.717, 1.165) is 38.1 Å². The molecule has 1 aliphatic heterocycles. The number of carbonyl (C=O) groups is 1. The normalized spacial score (nSPS) is 19.0. The first-order valence-corrected chi connectivity index (χ1v) is 7.53. The van der Waals surface area contributed by atoms with E-state index in [0.29, 0.717) is 17.9 Å². The Kier molecular flexibility index (Phi) is 7.35. The van der Waals surface area contributed by atoms with Crippen molar-refractivity contribution in [2.45, 2.75) is 38.4 Å². The van der Waals surface area contributed by atoms with Gasteiger partial charge in [-0.3, -0.25) is 4.79 Å². The van der Waals surface area contributed by atoms with Crippen molar-refractivity contribution in [2.24, 2.45) is 5.92 Å². The van der Waals surface area contributed by atoms with Gasteiger partial charge in [-0.05, 0) is 56.5 Å². The summed E-state index contributed by atoms with van der Waals surface area (Å²) in [5, 5.41) is 6.09. The van der Waals surface area contributed by atoms with E-state index in [9.17, 15) is 18.0 Å². The molecule has 0 radical (unpaired) electrons. The quantitative estimate of drug-likeness (QED) is 0.850. The molecule has 0 saturated carbocycles. The summed E-state index contributed by atoms with van der Waals surface area (Å²) in [5.41, 5.74) is -0.00704. The molecular weight excluding hydrogens is 329 g/mol. The van der Waals surface area contributed by atoms with Gasteiger partial charge in [0.2, 0.25) is 5.91 Å². The zero-order valence-corrected chi connectivity index (χ0v) is 13.8. The fourth-order valence-corrected chi connectivity index (χ4v) is 2.65. The van der Waals surface area contributed by atoms with Gasteiger partial charge in [-0.25, -0.2) is 0 Å². The summed E-state index contributed by atoms with van der Waals surface area (Å²) in [7, 11) is 0. The summed E-state index contributed by atoms with van der Waals surface area (Å²) in [4.78, 5) is 11.9. The van der Waals surface area contributed by atoms with Gasteiger partial charge in [-0.1, -0.05) is 12.1 Å². The van der Waals surface area contributed by atoms with E-state index in [1.54, 1.807) is 6.92 Å². The molecule has 2 N–H and O–H groups in total. The van der Waals surface area contributed by atoms with Gasteiger partial charge < -0.3 is 10.6 Å². The van der Waals surface area contributed by atoms with E-state index >= 15 is 0 Å². The van der Waals surface area contributed by atoms with Crippen molar-refractivity contribution in [3.05, 3.63) is 35.4 Å². The van der Waals surface area contributed by atoms with Crippen LogP contribution in [0.25, 0.3) is 0 Å². The van der Waals surface area contributed by atoms with Crippen LogP contribution in [-0.4, -0.2) is 19.0 Å². The van der Waals surface area contributed by atoms with Gasteiger partial charge in [-0.15, -0.1) is 12.4 Å². The minimum atomic E-state index is -4.33. The zero-order valence-electron chi connectivity index (χ0n) is 13.0. The molecule has 130 valence electrons. The number of alkyl halides is 3. The summed E-state index contributed by atoms with van der Waals surface area (Å²) in [6.45, 7) is 3.74. The van der Waals surface area contributed by atoms with Crippen LogP contribution in [0, 0.1) is 5.92 Å². The summed E-state index contributed by atoms with van der Waals surface area (Å²) < 4.78 is 37.5. The SMILES string of the molecule is CC(NC(=O)CCC1CCNC1)c1ccc(C(F)(F)F)cc1.Cl. The summed E-state index contributed by atoms with van der Waals surface area (Å²) in [6.07, 6.45) is -1.93. The molecule has 3 nitrogen and oxygen atoms in total. The molecule has 2 atom stereocenters. The Labute approximate surface area is 140 Å². The van der Waals surface area contributed by atoms with E-state index in [2.05, 4.69) is 10.6 Å². The Bertz CT molecular complexity index is 499. The van der Waals surface area contributed by atoms with E-state index in [1.165, 1.54) is 12.1 Å². The molecule has 1 saturated heterocycles. The predicted octanol–water partition coefficient (Wildman–Crippen LogP) is 3.69. The molecule has 1 aromatic carbocycles. The molecule has 0 aliphatic carbocycles. The highest BCUT2D eigenvalue weighted by atomic mass is 35.5. The second kappa shape index (κ2) is 8.55. The lowest BCUT2D eigenvalue weighted by Crippen LogP contribution is -2.27. The molecule has 1 aromatic rings. The largest absolute Gasteiger partial charge is 0.416 e. The third-order valence-electron chi connectivity index (χ3n) is 4.06. The number of halogens is 4. The lowest BCUT2D eigenvalue weighted by molar-refractivity contribution is -0.137. The average molecular weight is 351 g/mol. The predicted molar refractivity (Wildman–Crippen MR) is 85.5 cm³/mol. The van der Waals surface area contributed by atoms with E-state index < -0.39 is 11.7 Å². The van der Waals surface area contributed by atoms with Crippen molar-refractivity contribution in [1.29, 1.82) is 0 Å². The standard InChI is InChI=1S/C16H21F3N2O.ClH/c1-11(13-3-5-14(6-4-13)16(17,18)19)21-15(22)7-2-12-8-9-20-10-12;/h3-6,11-12,20H,2,7-10H2,1H3,(H,21,22);1H. The summed E-state index contributed by atoms with van der Waals surface area (Å²) in [6, 6.07) is 4.62. The van der Waals surface area contributed by atoms with E-state index in [1.807, 2.05) is 0 Å². The summed E-state index contributed by atoms with van der Waals surface area (Å²) in [5.74, 6) is 0.492. The topological polar surface area (TPSA) is 41.1 Å². The van der Waals surface area contributed by atoms with Crippen LogP contribution >= 0.6 is 12.4 Å². The van der Waals surface area contributed by atoms with Crippen LogP contribution in [0.15, 0.2) is 24.3 Å². The van der Waals surface area contributed by atoms with Gasteiger partial charge in [0.25, 0.3) is 0 Å². The van der Waals surface area contributed by atoms with Crippen molar-refractivity contribution in [2.75, 3.05) is 13.1 Å². The smallest absolute Gasteiger partial charge is 0.350 e. The minimum Gasteiger partial charge on any atom is -0.350 e. The highest BCUT2D eigenvalue weighted by Crippen LogP contribution is 2.29. The first-order chi connectivity index (χ1) is 10.4. The molecule has 0 bridgehead atoms. The molecule has 2 unspecified atom stereocenters. The number of hydrogen-bond donors (Lipinski definition) is 2. The molecule has 0 aromatic heterocycles. The van der Waals surface area contributed by atoms with Crippen molar-refractivity contribution >= 4 is 18.3 Å². The highest BCUT2D eigenvalue weighted by molar-refractivity contribution is 5.85. The maximum absolute atomic E-state index is 12.5. The molecule has 1 heterocycles. The first-order valence-electron chi connectivity index (χ1n) is 7.53. The van der Waals surface area contributed by atoms with Crippen LogP contribution in [-0.2, 0) is 11.0 Å². The zero-order chi connectivity index (χ0) is 16.2. The fraction of sp³-hybridized carbons (Fsp3) is 0.562.